The van der Waals surface area contributed by atoms with Gasteiger partial charge in [0.1, 0.15) is 5.69 Å². The Morgan fingerprint density at radius 3 is 2.60 bits per heavy atom. The van der Waals surface area contributed by atoms with Gasteiger partial charge in [0.25, 0.3) is 5.91 Å². The first-order chi connectivity index (χ1) is 12.0. The quantitative estimate of drug-likeness (QED) is 0.524. The summed E-state index contributed by atoms with van der Waals surface area (Å²) in [5.41, 5.74) is 6.16. The molecule has 7 heteroatoms. The van der Waals surface area contributed by atoms with Gasteiger partial charge in [-0.3, -0.25) is 9.89 Å². The fourth-order valence-electron chi connectivity index (χ4n) is 2.12. The predicted molar refractivity (Wildman–Crippen MR) is 100 cm³/mol. The molecule has 0 radical (unpaired) electrons. The van der Waals surface area contributed by atoms with Gasteiger partial charge in [-0.15, -0.1) is 0 Å². The summed E-state index contributed by atoms with van der Waals surface area (Å²) >= 11 is 11.9. The van der Waals surface area contributed by atoms with Gasteiger partial charge in [-0.05, 0) is 30.7 Å². The van der Waals surface area contributed by atoms with Crippen molar-refractivity contribution >= 4 is 35.3 Å². The molecular weight excluding hydrogens is 359 g/mol. The van der Waals surface area contributed by atoms with E-state index in [1.165, 1.54) is 0 Å². The van der Waals surface area contributed by atoms with Gasteiger partial charge >= 0.3 is 0 Å². The summed E-state index contributed by atoms with van der Waals surface area (Å²) in [5, 5.41) is 11.6. The van der Waals surface area contributed by atoms with Gasteiger partial charge in [-0.25, -0.2) is 5.43 Å². The van der Waals surface area contributed by atoms with E-state index in [1.807, 2.05) is 31.2 Å². The first-order valence-electron chi connectivity index (χ1n) is 7.44. The highest BCUT2D eigenvalue weighted by atomic mass is 35.5. The maximum Gasteiger partial charge on any atom is 0.289 e. The Morgan fingerprint density at radius 2 is 1.88 bits per heavy atom. The van der Waals surface area contributed by atoms with Gasteiger partial charge in [0.15, 0.2) is 0 Å². The van der Waals surface area contributed by atoms with E-state index in [9.17, 15) is 4.79 Å². The second-order valence-electron chi connectivity index (χ2n) is 5.41. The van der Waals surface area contributed by atoms with Crippen LogP contribution in [0.2, 0.25) is 10.0 Å². The SMILES string of the molecule is Cc1ccc(C=NNC(=O)c2cc(-c3ccc(Cl)c(Cl)c3)n[nH]2)cc1. The third kappa shape index (κ3) is 4.26. The molecule has 25 heavy (non-hydrogen) atoms. The van der Waals surface area contributed by atoms with E-state index in [4.69, 9.17) is 23.2 Å². The van der Waals surface area contributed by atoms with Crippen LogP contribution in [0.15, 0.2) is 53.6 Å². The zero-order valence-electron chi connectivity index (χ0n) is 13.3. The molecule has 5 nitrogen and oxygen atoms in total. The molecule has 0 spiro atoms. The fourth-order valence-corrected chi connectivity index (χ4v) is 2.42. The van der Waals surface area contributed by atoms with Gasteiger partial charge in [-0.1, -0.05) is 59.1 Å². The Kier molecular flexibility index (Phi) is 5.16. The lowest BCUT2D eigenvalue weighted by atomic mass is 10.1. The molecule has 0 bridgehead atoms. The van der Waals surface area contributed by atoms with Crippen LogP contribution in [0.4, 0.5) is 0 Å². The highest BCUT2D eigenvalue weighted by molar-refractivity contribution is 6.42. The average Bonchev–Trinajstić information content (AvgIpc) is 3.09. The molecule has 0 fully saturated rings. The largest absolute Gasteiger partial charge is 0.289 e. The van der Waals surface area contributed by atoms with Crippen molar-refractivity contribution in [2.24, 2.45) is 5.10 Å². The lowest BCUT2D eigenvalue weighted by Crippen LogP contribution is -2.17. The highest BCUT2D eigenvalue weighted by Crippen LogP contribution is 2.27. The Morgan fingerprint density at radius 1 is 1.12 bits per heavy atom. The highest BCUT2D eigenvalue weighted by Gasteiger charge is 2.11. The van der Waals surface area contributed by atoms with Crippen molar-refractivity contribution in [1.82, 2.24) is 15.6 Å². The monoisotopic (exact) mass is 372 g/mol. The second-order valence-corrected chi connectivity index (χ2v) is 6.22. The summed E-state index contributed by atoms with van der Waals surface area (Å²) in [6, 6.07) is 14.6. The molecule has 0 atom stereocenters. The van der Waals surface area contributed by atoms with Crippen LogP contribution in [0.1, 0.15) is 21.6 Å². The molecule has 0 saturated heterocycles. The first kappa shape index (κ1) is 17.2. The van der Waals surface area contributed by atoms with Crippen molar-refractivity contribution in [1.29, 1.82) is 0 Å². The topological polar surface area (TPSA) is 70.1 Å². The molecular formula is C18H14Cl2N4O. The molecule has 3 rings (SSSR count). The number of nitrogens with one attached hydrogen (secondary N) is 2. The van der Waals surface area contributed by atoms with Gasteiger partial charge in [0.2, 0.25) is 0 Å². The summed E-state index contributed by atoms with van der Waals surface area (Å²) in [5.74, 6) is -0.387. The Labute approximate surface area is 154 Å². The van der Waals surface area contributed by atoms with Crippen molar-refractivity contribution in [3.05, 3.63) is 75.4 Å². The summed E-state index contributed by atoms with van der Waals surface area (Å²) < 4.78 is 0. The number of H-pyrrole nitrogens is 1. The minimum absolute atomic E-state index is 0.294. The van der Waals surface area contributed by atoms with E-state index in [1.54, 1.807) is 30.5 Å². The zero-order chi connectivity index (χ0) is 17.8. The van der Waals surface area contributed by atoms with E-state index < -0.39 is 0 Å². The van der Waals surface area contributed by atoms with Gasteiger partial charge in [-0.2, -0.15) is 10.2 Å². The molecule has 3 aromatic rings. The van der Waals surface area contributed by atoms with Crippen molar-refractivity contribution < 1.29 is 4.79 Å². The number of halogens is 2. The smallest absolute Gasteiger partial charge is 0.272 e. The lowest BCUT2D eigenvalue weighted by molar-refractivity contribution is 0.0950. The van der Waals surface area contributed by atoms with Crippen LogP contribution in [-0.2, 0) is 0 Å². The van der Waals surface area contributed by atoms with Crippen LogP contribution in [0.5, 0.6) is 0 Å². The van der Waals surface area contributed by atoms with E-state index >= 15 is 0 Å². The maximum absolute atomic E-state index is 12.1. The minimum atomic E-state index is -0.387. The normalized spacial score (nSPS) is 11.0. The standard InChI is InChI=1S/C18H14Cl2N4O/c1-11-2-4-12(5-3-11)10-21-24-18(25)17-9-16(22-23-17)13-6-7-14(19)15(20)8-13/h2-10H,1H3,(H,22,23)(H,24,25). The molecule has 1 heterocycles. The van der Waals surface area contributed by atoms with Crippen molar-refractivity contribution in [3.8, 4) is 11.3 Å². The number of carbonyl (C=O) groups excluding carboxylic acids is 1. The molecule has 0 unspecified atom stereocenters. The van der Waals surface area contributed by atoms with Crippen LogP contribution in [0.25, 0.3) is 11.3 Å². The number of aryl methyl sites for hydroxylation is 1. The molecule has 0 aliphatic rings. The zero-order valence-corrected chi connectivity index (χ0v) is 14.8. The van der Waals surface area contributed by atoms with Crippen LogP contribution in [0.3, 0.4) is 0 Å². The number of hydrogen-bond acceptors (Lipinski definition) is 3. The number of nitrogens with zero attached hydrogens (tertiary/aromatic N) is 2. The summed E-state index contributed by atoms with van der Waals surface area (Å²) in [6.45, 7) is 2.01. The number of aromatic amines is 1. The van der Waals surface area contributed by atoms with Crippen molar-refractivity contribution in [2.75, 3.05) is 0 Å². The third-order valence-electron chi connectivity index (χ3n) is 3.49. The minimum Gasteiger partial charge on any atom is -0.272 e. The summed E-state index contributed by atoms with van der Waals surface area (Å²) in [7, 11) is 0. The maximum atomic E-state index is 12.1. The average molecular weight is 373 g/mol. The Hall–Kier alpha value is -2.63. The van der Waals surface area contributed by atoms with Crippen molar-refractivity contribution in [3.63, 3.8) is 0 Å². The van der Waals surface area contributed by atoms with E-state index in [2.05, 4.69) is 20.7 Å². The van der Waals surface area contributed by atoms with Crippen LogP contribution >= 0.6 is 23.2 Å². The predicted octanol–water partition coefficient (Wildman–Crippen LogP) is 4.46. The molecule has 0 saturated carbocycles. The lowest BCUT2D eigenvalue weighted by Gasteiger charge is -1.99. The molecule has 1 aromatic heterocycles. The Balaban J connectivity index is 1.68. The third-order valence-corrected chi connectivity index (χ3v) is 4.23. The number of aromatic nitrogens is 2. The van der Waals surface area contributed by atoms with E-state index in [-0.39, 0.29) is 5.91 Å². The summed E-state index contributed by atoms with van der Waals surface area (Å²) in [4.78, 5) is 12.1. The van der Waals surface area contributed by atoms with Crippen LogP contribution < -0.4 is 5.43 Å². The van der Waals surface area contributed by atoms with Gasteiger partial charge in [0, 0.05) is 5.56 Å². The summed E-state index contributed by atoms with van der Waals surface area (Å²) in [6.07, 6.45) is 1.58. The van der Waals surface area contributed by atoms with E-state index in [0.29, 0.717) is 21.4 Å². The fraction of sp³-hybridized carbons (Fsp3) is 0.0556. The number of rotatable bonds is 4. The molecule has 0 aliphatic heterocycles. The number of amides is 1. The Bertz CT molecular complexity index is 933. The number of hydrogen-bond donors (Lipinski definition) is 2. The molecule has 126 valence electrons. The second kappa shape index (κ2) is 7.51. The molecule has 2 aromatic carbocycles. The molecule has 2 N–H and O–H groups in total. The van der Waals surface area contributed by atoms with Gasteiger partial charge < -0.3 is 0 Å². The molecule has 0 aliphatic carbocycles. The van der Waals surface area contributed by atoms with Crippen LogP contribution in [0, 0.1) is 6.92 Å². The number of hydrazone groups is 1. The molecule has 1 amide bonds. The van der Waals surface area contributed by atoms with Gasteiger partial charge in [0.05, 0.1) is 22.0 Å². The van der Waals surface area contributed by atoms with Crippen molar-refractivity contribution in [2.45, 2.75) is 6.92 Å². The number of benzene rings is 2. The van der Waals surface area contributed by atoms with E-state index in [0.717, 1.165) is 16.7 Å². The first-order valence-corrected chi connectivity index (χ1v) is 8.19. The number of carbonyl (C=O) groups is 1. The van der Waals surface area contributed by atoms with Crippen LogP contribution in [-0.4, -0.2) is 22.3 Å².